The fraction of sp³-hybridized carbons (Fsp3) is 0.261. The van der Waals surface area contributed by atoms with Crippen molar-refractivity contribution in [2.45, 2.75) is 12.6 Å². The van der Waals surface area contributed by atoms with Gasteiger partial charge in [0.05, 0.1) is 28.4 Å². The van der Waals surface area contributed by atoms with Crippen LogP contribution in [-0.2, 0) is 11.3 Å². The van der Waals surface area contributed by atoms with Crippen molar-refractivity contribution in [3.63, 3.8) is 0 Å². The SMILES string of the molecule is CN(C)CCN1C(=O)c2c3c(c4[nH]c5c(c4c2C1=O)CNC=C5)NC1C=CC(=O)C=C31. The van der Waals surface area contributed by atoms with Gasteiger partial charge in [0.2, 0.25) is 0 Å². The number of likely N-dealkylation sites (N-methyl/N-ethyl adjacent to an activating group) is 1. The van der Waals surface area contributed by atoms with Crippen LogP contribution in [0.5, 0.6) is 0 Å². The number of H-pyrrole nitrogens is 1. The Morgan fingerprint density at radius 3 is 2.71 bits per heavy atom. The van der Waals surface area contributed by atoms with E-state index in [2.05, 4.69) is 15.6 Å². The predicted octanol–water partition coefficient (Wildman–Crippen LogP) is 1.72. The zero-order valence-corrected chi connectivity index (χ0v) is 17.2. The van der Waals surface area contributed by atoms with E-state index in [1.165, 1.54) is 11.0 Å². The number of aromatic nitrogens is 1. The molecule has 4 heterocycles. The third-order valence-corrected chi connectivity index (χ3v) is 6.40. The number of rotatable bonds is 3. The van der Waals surface area contributed by atoms with Crippen molar-refractivity contribution in [2.24, 2.45) is 0 Å². The molecule has 1 aromatic carbocycles. The topological polar surface area (TPSA) is 97.5 Å². The van der Waals surface area contributed by atoms with Gasteiger partial charge < -0.3 is 20.5 Å². The van der Waals surface area contributed by atoms with Crippen molar-refractivity contribution >= 4 is 45.8 Å². The van der Waals surface area contributed by atoms with E-state index in [4.69, 9.17) is 0 Å². The third kappa shape index (κ3) is 2.36. The van der Waals surface area contributed by atoms with Crippen LogP contribution in [0, 0.1) is 0 Å². The predicted molar refractivity (Wildman–Crippen MR) is 118 cm³/mol. The Morgan fingerprint density at radius 2 is 1.90 bits per heavy atom. The molecule has 0 fully saturated rings. The average Bonchev–Trinajstić information content (AvgIpc) is 3.37. The van der Waals surface area contributed by atoms with E-state index in [1.807, 2.05) is 37.3 Å². The highest BCUT2D eigenvalue weighted by molar-refractivity contribution is 6.32. The average molecular weight is 415 g/mol. The van der Waals surface area contributed by atoms with Gasteiger partial charge in [-0.25, -0.2) is 0 Å². The molecule has 0 bridgehead atoms. The molecule has 3 N–H and O–H groups in total. The van der Waals surface area contributed by atoms with Crippen LogP contribution >= 0.6 is 0 Å². The summed E-state index contributed by atoms with van der Waals surface area (Å²) >= 11 is 0. The zero-order chi connectivity index (χ0) is 21.4. The molecule has 2 aromatic rings. The van der Waals surface area contributed by atoms with Crippen LogP contribution in [0.1, 0.15) is 37.5 Å². The first-order valence-electron chi connectivity index (χ1n) is 10.3. The number of hydrogen-bond acceptors (Lipinski definition) is 6. The normalized spacial score (nSPS) is 20.6. The van der Waals surface area contributed by atoms with Crippen LogP contribution in [0.2, 0.25) is 0 Å². The number of nitrogens with one attached hydrogen (secondary N) is 3. The van der Waals surface area contributed by atoms with Crippen LogP contribution in [0.4, 0.5) is 5.69 Å². The van der Waals surface area contributed by atoms with Gasteiger partial charge in [-0.2, -0.15) is 0 Å². The number of ketones is 1. The zero-order valence-electron chi connectivity index (χ0n) is 17.2. The molecule has 6 rings (SSSR count). The molecule has 156 valence electrons. The van der Waals surface area contributed by atoms with Crippen LogP contribution < -0.4 is 10.6 Å². The number of fused-ring (bicyclic) bond motifs is 10. The van der Waals surface area contributed by atoms with Gasteiger partial charge in [0.15, 0.2) is 5.78 Å². The van der Waals surface area contributed by atoms with Crippen molar-refractivity contribution in [1.82, 2.24) is 20.1 Å². The maximum Gasteiger partial charge on any atom is 0.262 e. The van der Waals surface area contributed by atoms with Gasteiger partial charge in [-0.15, -0.1) is 0 Å². The van der Waals surface area contributed by atoms with E-state index < -0.39 is 0 Å². The largest absolute Gasteiger partial charge is 0.387 e. The molecule has 4 aliphatic rings. The number of carbonyl (C=O) groups is 3. The Kier molecular flexibility index (Phi) is 3.62. The molecule has 0 saturated carbocycles. The van der Waals surface area contributed by atoms with Crippen molar-refractivity contribution in [3.8, 4) is 0 Å². The molecular weight excluding hydrogens is 394 g/mol. The Bertz CT molecular complexity index is 1310. The van der Waals surface area contributed by atoms with Crippen LogP contribution in [-0.4, -0.2) is 65.6 Å². The van der Waals surface area contributed by atoms with E-state index >= 15 is 0 Å². The van der Waals surface area contributed by atoms with Gasteiger partial charge in [-0.05, 0) is 44.1 Å². The number of allylic oxidation sites excluding steroid dienone is 2. The number of nitrogens with zero attached hydrogens (tertiary/aromatic N) is 2. The molecule has 8 nitrogen and oxygen atoms in total. The summed E-state index contributed by atoms with van der Waals surface area (Å²) in [6.45, 7) is 1.47. The number of aromatic amines is 1. The highest BCUT2D eigenvalue weighted by Crippen LogP contribution is 2.49. The molecule has 3 aliphatic heterocycles. The number of imide groups is 1. The van der Waals surface area contributed by atoms with Gasteiger partial charge in [-0.1, -0.05) is 6.08 Å². The molecule has 31 heavy (non-hydrogen) atoms. The second-order valence-corrected chi connectivity index (χ2v) is 8.53. The molecule has 0 saturated heterocycles. The summed E-state index contributed by atoms with van der Waals surface area (Å²) in [4.78, 5) is 46.0. The van der Waals surface area contributed by atoms with Crippen molar-refractivity contribution in [1.29, 1.82) is 0 Å². The maximum atomic E-state index is 13.6. The lowest BCUT2D eigenvalue weighted by Gasteiger charge is -2.17. The quantitative estimate of drug-likeness (QED) is 0.661. The van der Waals surface area contributed by atoms with Gasteiger partial charge in [0.25, 0.3) is 11.8 Å². The van der Waals surface area contributed by atoms with E-state index in [0.29, 0.717) is 36.3 Å². The van der Waals surface area contributed by atoms with Gasteiger partial charge in [0, 0.05) is 41.8 Å². The summed E-state index contributed by atoms with van der Waals surface area (Å²) in [5.74, 6) is -0.679. The third-order valence-electron chi connectivity index (χ3n) is 6.40. The Hall–Kier alpha value is -3.65. The number of anilines is 1. The molecular formula is C23H21N5O3. The van der Waals surface area contributed by atoms with Crippen LogP contribution in [0.15, 0.2) is 24.4 Å². The first-order chi connectivity index (χ1) is 15.0. The first-order valence-corrected chi connectivity index (χ1v) is 10.3. The van der Waals surface area contributed by atoms with Gasteiger partial charge >= 0.3 is 0 Å². The molecule has 8 heteroatoms. The minimum Gasteiger partial charge on any atom is -0.387 e. The summed E-state index contributed by atoms with van der Waals surface area (Å²) in [5, 5.41) is 7.46. The Morgan fingerprint density at radius 1 is 1.10 bits per heavy atom. The van der Waals surface area contributed by atoms with Gasteiger partial charge in [0.1, 0.15) is 0 Å². The molecule has 2 amide bonds. The van der Waals surface area contributed by atoms with Crippen LogP contribution in [0.25, 0.3) is 22.6 Å². The summed E-state index contributed by atoms with van der Waals surface area (Å²) in [6, 6.07) is -0.199. The highest BCUT2D eigenvalue weighted by Gasteiger charge is 2.45. The minimum atomic E-state index is -0.292. The van der Waals surface area contributed by atoms with Gasteiger partial charge in [-0.3, -0.25) is 19.3 Å². The van der Waals surface area contributed by atoms with E-state index in [0.717, 1.165) is 33.4 Å². The molecule has 0 spiro atoms. The molecule has 0 radical (unpaired) electrons. The fourth-order valence-electron chi connectivity index (χ4n) is 4.97. The molecule has 1 unspecified atom stereocenters. The fourth-order valence-corrected chi connectivity index (χ4v) is 4.97. The summed E-state index contributed by atoms with van der Waals surface area (Å²) in [5.41, 5.74) is 5.76. The lowest BCUT2D eigenvalue weighted by Crippen LogP contribution is -2.36. The lowest BCUT2D eigenvalue weighted by atomic mass is 9.89. The van der Waals surface area contributed by atoms with E-state index in [-0.39, 0.29) is 23.6 Å². The standard InChI is InChI=1S/C23H21N5O3/c1-27(2)7-8-28-22(30)18-16-12-9-11(29)3-4-14(12)25-20(16)21-17(19(18)23(28)31)13-10-24-6-5-15(13)26-21/h3-6,9,14,24-26H,7-8,10H2,1-2H3. The van der Waals surface area contributed by atoms with E-state index in [9.17, 15) is 14.4 Å². The van der Waals surface area contributed by atoms with Crippen LogP contribution in [0.3, 0.4) is 0 Å². The second-order valence-electron chi connectivity index (χ2n) is 8.53. The number of benzene rings is 1. The number of carbonyl (C=O) groups excluding carboxylic acids is 3. The lowest BCUT2D eigenvalue weighted by molar-refractivity contribution is -0.110. The smallest absolute Gasteiger partial charge is 0.262 e. The maximum absolute atomic E-state index is 13.6. The Labute approximate surface area is 178 Å². The molecule has 1 aliphatic carbocycles. The van der Waals surface area contributed by atoms with Crippen molar-refractivity contribution in [2.75, 3.05) is 32.5 Å². The summed E-state index contributed by atoms with van der Waals surface area (Å²) < 4.78 is 0. The number of amides is 2. The number of hydrogen-bond donors (Lipinski definition) is 3. The Balaban J connectivity index is 1.66. The minimum absolute atomic E-state index is 0.117. The summed E-state index contributed by atoms with van der Waals surface area (Å²) in [7, 11) is 3.82. The molecule has 1 atom stereocenters. The summed E-state index contributed by atoms with van der Waals surface area (Å²) in [6.07, 6.45) is 8.72. The van der Waals surface area contributed by atoms with Crippen molar-refractivity contribution in [3.05, 3.63) is 52.4 Å². The highest BCUT2D eigenvalue weighted by atomic mass is 16.2. The van der Waals surface area contributed by atoms with Crippen molar-refractivity contribution < 1.29 is 14.4 Å². The molecule has 1 aromatic heterocycles. The first kappa shape index (κ1) is 18.1. The second kappa shape index (κ2) is 6.18. The van der Waals surface area contributed by atoms with E-state index in [1.54, 1.807) is 6.08 Å². The monoisotopic (exact) mass is 415 g/mol.